The Hall–Kier alpha value is -2.71. The third kappa shape index (κ3) is 3.33. The summed E-state index contributed by atoms with van der Waals surface area (Å²) in [7, 11) is -3.59. The first-order chi connectivity index (χ1) is 12.9. The molecule has 27 heavy (non-hydrogen) atoms. The van der Waals surface area contributed by atoms with Crippen molar-refractivity contribution < 1.29 is 17.6 Å². The van der Waals surface area contributed by atoms with E-state index in [-0.39, 0.29) is 10.7 Å². The number of ketones is 1. The van der Waals surface area contributed by atoms with E-state index in [2.05, 4.69) is 4.98 Å². The minimum Gasteiger partial charge on any atom is -0.423 e. The second-order valence-corrected chi connectivity index (χ2v) is 8.37. The molecule has 1 saturated heterocycles. The van der Waals surface area contributed by atoms with Gasteiger partial charge in [0.05, 0.1) is 4.90 Å². The number of carbonyl (C=O) groups is 1. The Morgan fingerprint density at radius 1 is 1.00 bits per heavy atom. The number of piperazine rings is 1. The van der Waals surface area contributed by atoms with Crippen LogP contribution in [0.5, 0.6) is 0 Å². The van der Waals surface area contributed by atoms with E-state index < -0.39 is 10.0 Å². The Balaban J connectivity index is 1.48. The molecular weight excluding hydrogens is 366 g/mol. The van der Waals surface area contributed by atoms with Crippen LogP contribution in [-0.2, 0) is 10.0 Å². The van der Waals surface area contributed by atoms with Crippen molar-refractivity contribution >= 4 is 32.9 Å². The molecule has 0 atom stereocenters. The van der Waals surface area contributed by atoms with E-state index in [0.717, 1.165) is 5.52 Å². The Morgan fingerprint density at radius 2 is 1.67 bits per heavy atom. The lowest BCUT2D eigenvalue weighted by Gasteiger charge is -2.33. The predicted molar refractivity (Wildman–Crippen MR) is 101 cm³/mol. The molecule has 1 aliphatic rings. The standard InChI is InChI=1S/C19H19N3O4S/c1-14(23)15-6-8-16(9-7-15)27(24,25)22-12-10-21(11-13-22)19-20-17-4-2-3-5-18(17)26-19/h2-9H,10-13H2,1H3. The zero-order valence-corrected chi connectivity index (χ0v) is 15.6. The van der Waals surface area contributed by atoms with Gasteiger partial charge in [0.15, 0.2) is 11.4 Å². The number of benzene rings is 2. The molecule has 140 valence electrons. The predicted octanol–water partition coefficient (Wildman–Crippen LogP) is 2.54. The number of oxazole rings is 1. The fourth-order valence-corrected chi connectivity index (χ4v) is 4.55. The minimum atomic E-state index is -3.59. The Kier molecular flexibility index (Phi) is 4.45. The molecule has 1 fully saturated rings. The summed E-state index contributed by atoms with van der Waals surface area (Å²) in [6, 6.07) is 14.1. The van der Waals surface area contributed by atoms with Crippen LogP contribution in [0.2, 0.25) is 0 Å². The average Bonchev–Trinajstić information content (AvgIpc) is 3.12. The smallest absolute Gasteiger partial charge is 0.298 e. The highest BCUT2D eigenvalue weighted by atomic mass is 32.2. The van der Waals surface area contributed by atoms with Crippen molar-refractivity contribution in [1.82, 2.24) is 9.29 Å². The summed E-state index contributed by atoms with van der Waals surface area (Å²) >= 11 is 0. The molecule has 1 aromatic heterocycles. The zero-order valence-electron chi connectivity index (χ0n) is 14.8. The van der Waals surface area contributed by atoms with Crippen molar-refractivity contribution in [2.45, 2.75) is 11.8 Å². The van der Waals surface area contributed by atoms with Crippen LogP contribution in [0, 0.1) is 0 Å². The molecule has 2 heterocycles. The third-order valence-electron chi connectivity index (χ3n) is 4.69. The van der Waals surface area contributed by atoms with E-state index in [1.54, 1.807) is 12.1 Å². The Bertz CT molecular complexity index is 1050. The molecule has 0 unspecified atom stereocenters. The van der Waals surface area contributed by atoms with E-state index in [0.29, 0.717) is 43.3 Å². The lowest BCUT2D eigenvalue weighted by molar-refractivity contribution is 0.101. The number of Topliss-reactive ketones (excluding diaryl/α,β-unsaturated/α-hetero) is 1. The van der Waals surface area contributed by atoms with Gasteiger partial charge >= 0.3 is 0 Å². The fourth-order valence-electron chi connectivity index (χ4n) is 3.13. The Morgan fingerprint density at radius 3 is 2.30 bits per heavy atom. The van der Waals surface area contributed by atoms with E-state index in [1.807, 2.05) is 29.2 Å². The summed E-state index contributed by atoms with van der Waals surface area (Å²) in [5.74, 6) is -0.0918. The van der Waals surface area contributed by atoms with E-state index in [9.17, 15) is 13.2 Å². The SMILES string of the molecule is CC(=O)c1ccc(S(=O)(=O)N2CCN(c3nc4ccccc4o3)CC2)cc1. The topological polar surface area (TPSA) is 83.7 Å². The van der Waals surface area contributed by atoms with Crippen LogP contribution in [0.1, 0.15) is 17.3 Å². The molecule has 2 aromatic carbocycles. The van der Waals surface area contributed by atoms with Gasteiger partial charge in [-0.15, -0.1) is 0 Å². The van der Waals surface area contributed by atoms with Crippen LogP contribution in [0.15, 0.2) is 57.8 Å². The van der Waals surface area contributed by atoms with Crippen LogP contribution in [-0.4, -0.2) is 49.7 Å². The van der Waals surface area contributed by atoms with Crippen molar-refractivity contribution in [2.75, 3.05) is 31.1 Å². The molecule has 0 saturated carbocycles. The Labute approximate surface area is 157 Å². The van der Waals surface area contributed by atoms with Crippen LogP contribution in [0.25, 0.3) is 11.1 Å². The summed E-state index contributed by atoms with van der Waals surface area (Å²) < 4.78 is 32.9. The third-order valence-corrected chi connectivity index (χ3v) is 6.60. The van der Waals surface area contributed by atoms with Gasteiger partial charge in [-0.25, -0.2) is 8.42 Å². The first kappa shape index (κ1) is 17.7. The molecule has 8 heteroatoms. The van der Waals surface area contributed by atoms with E-state index in [1.165, 1.54) is 23.4 Å². The first-order valence-electron chi connectivity index (χ1n) is 8.67. The quantitative estimate of drug-likeness (QED) is 0.642. The van der Waals surface area contributed by atoms with Gasteiger partial charge in [-0.05, 0) is 31.2 Å². The van der Waals surface area contributed by atoms with Crippen LogP contribution >= 0.6 is 0 Å². The summed E-state index contributed by atoms with van der Waals surface area (Å²) in [5.41, 5.74) is 2.00. The number of nitrogens with zero attached hydrogens (tertiary/aromatic N) is 3. The molecule has 0 N–H and O–H groups in total. The number of hydrogen-bond donors (Lipinski definition) is 0. The minimum absolute atomic E-state index is 0.0918. The molecular formula is C19H19N3O4S. The molecule has 1 aliphatic heterocycles. The summed E-state index contributed by atoms with van der Waals surface area (Å²) in [5, 5.41) is 0. The van der Waals surface area contributed by atoms with Crippen molar-refractivity contribution in [3.63, 3.8) is 0 Å². The fraction of sp³-hybridized carbons (Fsp3) is 0.263. The second-order valence-electron chi connectivity index (χ2n) is 6.44. The monoisotopic (exact) mass is 385 g/mol. The zero-order chi connectivity index (χ0) is 19.0. The summed E-state index contributed by atoms with van der Waals surface area (Å²) in [6.07, 6.45) is 0. The molecule has 0 spiro atoms. The van der Waals surface area contributed by atoms with Crippen molar-refractivity contribution in [1.29, 1.82) is 0 Å². The molecule has 4 rings (SSSR count). The number of hydrogen-bond acceptors (Lipinski definition) is 6. The number of para-hydroxylation sites is 2. The highest BCUT2D eigenvalue weighted by molar-refractivity contribution is 7.89. The first-order valence-corrected chi connectivity index (χ1v) is 10.1. The van der Waals surface area contributed by atoms with E-state index in [4.69, 9.17) is 4.42 Å². The number of aromatic nitrogens is 1. The van der Waals surface area contributed by atoms with Gasteiger partial charge in [-0.2, -0.15) is 9.29 Å². The number of rotatable bonds is 4. The summed E-state index contributed by atoms with van der Waals surface area (Å²) in [6.45, 7) is 3.13. The van der Waals surface area contributed by atoms with Crippen molar-refractivity contribution in [3.8, 4) is 0 Å². The van der Waals surface area contributed by atoms with Gasteiger partial charge in [0.2, 0.25) is 10.0 Å². The van der Waals surface area contributed by atoms with Crippen molar-refractivity contribution in [3.05, 3.63) is 54.1 Å². The molecule has 0 radical (unpaired) electrons. The number of anilines is 1. The molecule has 0 amide bonds. The highest BCUT2D eigenvalue weighted by Crippen LogP contribution is 2.24. The van der Waals surface area contributed by atoms with E-state index >= 15 is 0 Å². The van der Waals surface area contributed by atoms with Crippen LogP contribution < -0.4 is 4.90 Å². The van der Waals surface area contributed by atoms with Crippen LogP contribution in [0.3, 0.4) is 0 Å². The highest BCUT2D eigenvalue weighted by Gasteiger charge is 2.30. The largest absolute Gasteiger partial charge is 0.423 e. The van der Waals surface area contributed by atoms with Crippen molar-refractivity contribution in [2.24, 2.45) is 0 Å². The maximum Gasteiger partial charge on any atom is 0.298 e. The summed E-state index contributed by atoms with van der Waals surface area (Å²) in [4.78, 5) is 18.0. The average molecular weight is 385 g/mol. The van der Waals surface area contributed by atoms with Gasteiger partial charge in [-0.1, -0.05) is 24.3 Å². The lowest BCUT2D eigenvalue weighted by Crippen LogP contribution is -2.48. The molecule has 3 aromatic rings. The molecule has 0 aliphatic carbocycles. The normalized spacial score (nSPS) is 16.0. The van der Waals surface area contributed by atoms with Gasteiger partial charge in [0.25, 0.3) is 6.01 Å². The van der Waals surface area contributed by atoms with Gasteiger partial charge < -0.3 is 9.32 Å². The van der Waals surface area contributed by atoms with Crippen LogP contribution in [0.4, 0.5) is 6.01 Å². The maximum atomic E-state index is 12.8. The maximum absolute atomic E-state index is 12.8. The number of carbonyl (C=O) groups excluding carboxylic acids is 1. The molecule has 7 nitrogen and oxygen atoms in total. The molecule has 0 bridgehead atoms. The van der Waals surface area contributed by atoms with Gasteiger partial charge in [0.1, 0.15) is 5.52 Å². The number of sulfonamides is 1. The lowest BCUT2D eigenvalue weighted by atomic mass is 10.2. The number of fused-ring (bicyclic) bond motifs is 1. The second kappa shape index (κ2) is 6.79. The van der Waals surface area contributed by atoms with Gasteiger partial charge in [0, 0.05) is 31.7 Å². The van der Waals surface area contributed by atoms with Gasteiger partial charge in [-0.3, -0.25) is 4.79 Å².